The third kappa shape index (κ3) is 12.2. The summed E-state index contributed by atoms with van der Waals surface area (Å²) in [4.78, 5) is 18.0. The number of benzene rings is 1. The largest absolute Gasteiger partial charge is 0.469 e. The molecule has 0 amide bonds. The van der Waals surface area contributed by atoms with Gasteiger partial charge >= 0.3 is 5.97 Å². The van der Waals surface area contributed by atoms with Gasteiger partial charge in [-0.3, -0.25) is 14.7 Å². The monoisotopic (exact) mass is 504 g/mol. The molecule has 0 radical (unpaired) electrons. The number of hydrogen-bond acceptors (Lipinski definition) is 4. The van der Waals surface area contributed by atoms with E-state index in [1.54, 1.807) is 0 Å². The smallest absolute Gasteiger partial charge is 0.305 e. The molecule has 160 valence electrons. The summed E-state index contributed by atoms with van der Waals surface area (Å²) in [7, 11) is 3.59. The lowest BCUT2D eigenvalue weighted by Gasteiger charge is -2.25. The van der Waals surface area contributed by atoms with Crippen LogP contribution >= 0.6 is 24.0 Å². The summed E-state index contributed by atoms with van der Waals surface area (Å²) in [6.07, 6.45) is 3.18. The third-order valence-corrected chi connectivity index (χ3v) is 4.51. The van der Waals surface area contributed by atoms with Gasteiger partial charge in [-0.2, -0.15) is 0 Å². The molecular formula is C21H37IN4O2. The van der Waals surface area contributed by atoms with E-state index in [1.807, 2.05) is 6.07 Å². The minimum atomic E-state index is -0.155. The molecule has 1 aromatic rings. The molecule has 0 aliphatic rings. The molecule has 2 N–H and O–H groups in total. The summed E-state index contributed by atoms with van der Waals surface area (Å²) in [5.74, 6) is 0.686. The number of carbonyl (C=O) groups is 1. The van der Waals surface area contributed by atoms with Crippen LogP contribution in [-0.2, 0) is 16.1 Å². The molecule has 0 spiro atoms. The SMILES string of the molecule is CCNC(=NCCCCC(=O)OC)NCCC(C)N(C)Cc1ccccc1.I. The minimum absolute atomic E-state index is 0. The van der Waals surface area contributed by atoms with Crippen molar-refractivity contribution in [2.45, 2.75) is 52.1 Å². The highest BCUT2D eigenvalue weighted by Crippen LogP contribution is 2.07. The Morgan fingerprint density at radius 1 is 1.21 bits per heavy atom. The van der Waals surface area contributed by atoms with E-state index < -0.39 is 0 Å². The van der Waals surface area contributed by atoms with Crippen molar-refractivity contribution in [2.24, 2.45) is 4.99 Å². The van der Waals surface area contributed by atoms with Gasteiger partial charge in [-0.25, -0.2) is 0 Å². The van der Waals surface area contributed by atoms with Gasteiger partial charge in [-0.1, -0.05) is 30.3 Å². The molecule has 28 heavy (non-hydrogen) atoms. The maximum atomic E-state index is 11.1. The van der Waals surface area contributed by atoms with Crippen LogP contribution in [0.25, 0.3) is 0 Å². The van der Waals surface area contributed by atoms with Gasteiger partial charge < -0.3 is 15.4 Å². The first kappa shape index (κ1) is 26.6. The average Bonchev–Trinajstić information content (AvgIpc) is 2.68. The number of nitrogens with zero attached hydrogens (tertiary/aromatic N) is 2. The molecule has 0 saturated heterocycles. The lowest BCUT2D eigenvalue weighted by molar-refractivity contribution is -0.140. The molecule has 6 nitrogen and oxygen atoms in total. The van der Waals surface area contributed by atoms with E-state index in [2.05, 4.69) is 70.4 Å². The van der Waals surface area contributed by atoms with E-state index in [-0.39, 0.29) is 29.9 Å². The summed E-state index contributed by atoms with van der Waals surface area (Å²) in [6.45, 7) is 7.67. The van der Waals surface area contributed by atoms with Crippen molar-refractivity contribution in [3.05, 3.63) is 35.9 Å². The summed E-state index contributed by atoms with van der Waals surface area (Å²) in [6, 6.07) is 11.0. The fraction of sp³-hybridized carbons (Fsp3) is 0.619. The van der Waals surface area contributed by atoms with Crippen LogP contribution in [0.1, 0.15) is 45.1 Å². The summed E-state index contributed by atoms with van der Waals surface area (Å²) < 4.78 is 4.65. The molecule has 0 heterocycles. The lowest BCUT2D eigenvalue weighted by Crippen LogP contribution is -2.40. The molecule has 0 aliphatic heterocycles. The number of methoxy groups -OCH3 is 1. The van der Waals surface area contributed by atoms with Crippen LogP contribution in [0.5, 0.6) is 0 Å². The molecule has 1 rings (SSSR count). The molecule has 0 fully saturated rings. The Morgan fingerprint density at radius 2 is 1.93 bits per heavy atom. The molecule has 7 heteroatoms. The van der Waals surface area contributed by atoms with Gasteiger partial charge in [0.25, 0.3) is 0 Å². The molecule has 0 aromatic heterocycles. The number of rotatable bonds is 12. The number of ether oxygens (including phenoxy) is 1. The molecular weight excluding hydrogens is 467 g/mol. The van der Waals surface area contributed by atoms with Crippen LogP contribution in [0.2, 0.25) is 0 Å². The normalized spacial score (nSPS) is 12.2. The van der Waals surface area contributed by atoms with Gasteiger partial charge in [0.2, 0.25) is 0 Å². The quantitative estimate of drug-likeness (QED) is 0.150. The number of unbranched alkanes of at least 4 members (excludes halogenated alkanes) is 1. The highest BCUT2D eigenvalue weighted by Gasteiger charge is 2.09. The Kier molecular flexibility index (Phi) is 15.8. The van der Waals surface area contributed by atoms with Crippen molar-refractivity contribution in [2.75, 3.05) is 33.8 Å². The van der Waals surface area contributed by atoms with Crippen LogP contribution < -0.4 is 10.6 Å². The Bertz CT molecular complexity index is 555. The van der Waals surface area contributed by atoms with E-state index in [1.165, 1.54) is 12.7 Å². The topological polar surface area (TPSA) is 66.0 Å². The summed E-state index contributed by atoms with van der Waals surface area (Å²) in [5, 5.41) is 6.67. The number of halogens is 1. The fourth-order valence-electron chi connectivity index (χ4n) is 2.66. The fourth-order valence-corrected chi connectivity index (χ4v) is 2.66. The molecule has 1 unspecified atom stereocenters. The maximum Gasteiger partial charge on any atom is 0.305 e. The zero-order chi connectivity index (χ0) is 19.9. The first-order valence-corrected chi connectivity index (χ1v) is 9.90. The third-order valence-electron chi connectivity index (χ3n) is 4.51. The van der Waals surface area contributed by atoms with Crippen molar-refractivity contribution in [1.29, 1.82) is 0 Å². The molecule has 0 saturated carbocycles. The van der Waals surface area contributed by atoms with E-state index in [0.29, 0.717) is 19.0 Å². The van der Waals surface area contributed by atoms with Gasteiger partial charge in [-0.15, -0.1) is 24.0 Å². The lowest BCUT2D eigenvalue weighted by atomic mass is 10.1. The molecule has 0 bridgehead atoms. The van der Waals surface area contributed by atoms with Crippen LogP contribution in [0.3, 0.4) is 0 Å². The van der Waals surface area contributed by atoms with E-state index in [0.717, 1.165) is 44.9 Å². The zero-order valence-electron chi connectivity index (χ0n) is 17.7. The second-order valence-electron chi connectivity index (χ2n) is 6.76. The van der Waals surface area contributed by atoms with Crippen LogP contribution in [0, 0.1) is 0 Å². The number of hydrogen-bond donors (Lipinski definition) is 2. The van der Waals surface area contributed by atoms with Gasteiger partial charge in [-0.05, 0) is 45.7 Å². The van der Waals surface area contributed by atoms with Gasteiger partial charge in [0, 0.05) is 38.6 Å². The molecule has 0 aliphatic carbocycles. The van der Waals surface area contributed by atoms with E-state index >= 15 is 0 Å². The Labute approximate surface area is 187 Å². The Balaban J connectivity index is 0.00000729. The second-order valence-corrected chi connectivity index (χ2v) is 6.76. The van der Waals surface area contributed by atoms with Crippen molar-refractivity contribution >= 4 is 35.9 Å². The number of esters is 1. The highest BCUT2D eigenvalue weighted by molar-refractivity contribution is 14.0. The number of nitrogens with one attached hydrogen (secondary N) is 2. The van der Waals surface area contributed by atoms with Crippen LogP contribution in [-0.4, -0.2) is 56.7 Å². The minimum Gasteiger partial charge on any atom is -0.469 e. The van der Waals surface area contributed by atoms with Gasteiger partial charge in [0.1, 0.15) is 0 Å². The predicted octanol–water partition coefficient (Wildman–Crippen LogP) is 3.41. The standard InChI is InChI=1S/C21H36N4O2.HI/c1-5-22-21(23-15-10-9-13-20(26)27-4)24-16-14-18(2)25(3)17-19-11-7-6-8-12-19;/h6-8,11-12,18H,5,9-10,13-17H2,1-4H3,(H2,22,23,24);1H. The first-order valence-electron chi connectivity index (χ1n) is 9.90. The number of aliphatic imine (C=N–C) groups is 1. The number of carbonyl (C=O) groups excluding carboxylic acids is 1. The van der Waals surface area contributed by atoms with Gasteiger partial charge in [0.05, 0.1) is 7.11 Å². The van der Waals surface area contributed by atoms with Crippen molar-refractivity contribution in [3.8, 4) is 0 Å². The maximum absolute atomic E-state index is 11.1. The first-order chi connectivity index (χ1) is 13.1. The molecule has 1 atom stereocenters. The second kappa shape index (κ2) is 16.6. The summed E-state index contributed by atoms with van der Waals surface area (Å²) in [5.41, 5.74) is 1.33. The van der Waals surface area contributed by atoms with E-state index in [9.17, 15) is 4.79 Å². The van der Waals surface area contributed by atoms with Gasteiger partial charge in [0.15, 0.2) is 5.96 Å². The van der Waals surface area contributed by atoms with Crippen molar-refractivity contribution < 1.29 is 9.53 Å². The van der Waals surface area contributed by atoms with Crippen LogP contribution in [0.4, 0.5) is 0 Å². The highest BCUT2D eigenvalue weighted by atomic mass is 127. The summed E-state index contributed by atoms with van der Waals surface area (Å²) >= 11 is 0. The van der Waals surface area contributed by atoms with Crippen molar-refractivity contribution in [1.82, 2.24) is 15.5 Å². The zero-order valence-corrected chi connectivity index (χ0v) is 20.1. The number of guanidine groups is 1. The van der Waals surface area contributed by atoms with Crippen LogP contribution in [0.15, 0.2) is 35.3 Å². The average molecular weight is 504 g/mol. The Hall–Kier alpha value is -1.35. The molecule has 1 aromatic carbocycles. The Morgan fingerprint density at radius 3 is 2.57 bits per heavy atom. The van der Waals surface area contributed by atoms with Crippen molar-refractivity contribution in [3.63, 3.8) is 0 Å². The predicted molar refractivity (Wildman–Crippen MR) is 127 cm³/mol. The van der Waals surface area contributed by atoms with E-state index in [4.69, 9.17) is 0 Å².